The number of likely N-dealkylation sites (N-methyl/N-ethyl adjacent to an activating group) is 1. The molecule has 0 radical (unpaired) electrons. The number of phenols is 1. The van der Waals surface area contributed by atoms with E-state index in [2.05, 4.69) is 15.3 Å². The summed E-state index contributed by atoms with van der Waals surface area (Å²) >= 11 is 0. The van der Waals surface area contributed by atoms with Crippen LogP contribution in [0.3, 0.4) is 0 Å². The van der Waals surface area contributed by atoms with Crippen molar-refractivity contribution < 1.29 is 34.0 Å². The van der Waals surface area contributed by atoms with Gasteiger partial charge in [0.1, 0.15) is 29.7 Å². The molecule has 0 saturated carbocycles. The van der Waals surface area contributed by atoms with Crippen LogP contribution in [0.15, 0.2) is 58.5 Å². The number of carbonyl (C=O) groups is 2. The molecule has 3 N–H and O–H groups in total. The number of ether oxygens (including phenoxy) is 3. The van der Waals surface area contributed by atoms with Crippen LogP contribution in [-0.4, -0.2) is 78.3 Å². The highest BCUT2D eigenvalue weighted by Gasteiger charge is 2.35. The molecule has 1 amide bonds. The van der Waals surface area contributed by atoms with Crippen molar-refractivity contribution in [2.75, 3.05) is 20.3 Å². The van der Waals surface area contributed by atoms with Crippen LogP contribution < -0.4 is 10.1 Å². The lowest BCUT2D eigenvalue weighted by molar-refractivity contribution is -0.123. The van der Waals surface area contributed by atoms with Gasteiger partial charge >= 0.3 is 0 Å². The second-order valence-electron chi connectivity index (χ2n) is 9.05. The lowest BCUT2D eigenvalue weighted by Crippen LogP contribution is -2.38. The lowest BCUT2D eigenvalue weighted by Gasteiger charge is -2.11. The molecule has 2 aliphatic rings. The normalized spacial score (nSPS) is 20.3. The molecular weight excluding hydrogens is 526 g/mol. The maximum atomic E-state index is 12.0. The molecule has 41 heavy (non-hydrogen) atoms. The quantitative estimate of drug-likeness (QED) is 0.429. The first-order valence-corrected chi connectivity index (χ1v) is 13.5. The van der Waals surface area contributed by atoms with Crippen LogP contribution in [0.4, 0.5) is 0 Å². The Balaban J connectivity index is 0.000000367. The Bertz CT molecular complexity index is 1180. The second-order valence-corrected chi connectivity index (χ2v) is 9.05. The molecule has 0 aromatic heterocycles. The molecule has 2 aromatic rings. The van der Waals surface area contributed by atoms with Crippen LogP contribution in [-0.2, 0) is 19.1 Å². The number of hydrogen-bond donors (Lipinski definition) is 3. The molecule has 0 bridgehead atoms. The fourth-order valence-electron chi connectivity index (χ4n) is 4.03. The third kappa shape index (κ3) is 9.60. The third-order valence-corrected chi connectivity index (χ3v) is 5.91. The van der Waals surface area contributed by atoms with E-state index >= 15 is 0 Å². The number of rotatable bonds is 8. The summed E-state index contributed by atoms with van der Waals surface area (Å²) in [5, 5.41) is 20.0. The number of nitrogens with one attached hydrogen (secondary N) is 1. The number of aliphatic imine (C=N–C) groups is 2. The van der Waals surface area contributed by atoms with Crippen LogP contribution in [0, 0.1) is 0 Å². The Morgan fingerprint density at radius 2 is 1.41 bits per heavy atom. The summed E-state index contributed by atoms with van der Waals surface area (Å²) in [7, 11) is 1.61. The topological polar surface area (TPSA) is 139 Å². The number of aromatic hydroxyl groups is 1. The second kappa shape index (κ2) is 17.7. The van der Waals surface area contributed by atoms with E-state index in [1.807, 2.05) is 45.0 Å². The molecular formula is C31H45N3O7. The molecule has 0 fully saturated rings. The minimum Gasteiger partial charge on any atom is -0.507 e. The maximum absolute atomic E-state index is 12.0. The van der Waals surface area contributed by atoms with E-state index in [9.17, 15) is 14.7 Å². The molecule has 0 unspecified atom stereocenters. The predicted octanol–water partition coefficient (Wildman–Crippen LogP) is 4.30. The summed E-state index contributed by atoms with van der Waals surface area (Å²) in [5.74, 6) is 1.60. The van der Waals surface area contributed by atoms with Crippen molar-refractivity contribution in [1.82, 2.24) is 5.32 Å². The number of phenolic OH excluding ortho intramolecular Hbond substituents is 1. The van der Waals surface area contributed by atoms with E-state index in [0.717, 1.165) is 12.0 Å². The Labute approximate surface area is 243 Å². The molecule has 4 atom stereocenters. The van der Waals surface area contributed by atoms with Crippen molar-refractivity contribution in [2.24, 2.45) is 9.98 Å². The number of amides is 1. The summed E-state index contributed by atoms with van der Waals surface area (Å²) < 4.78 is 16.5. The number of hydrogen-bond acceptors (Lipinski definition) is 9. The number of nitrogens with zero attached hydrogens (tertiary/aromatic N) is 2. The van der Waals surface area contributed by atoms with E-state index in [4.69, 9.17) is 19.3 Å². The minimum absolute atomic E-state index is 0. The van der Waals surface area contributed by atoms with Gasteiger partial charge in [0, 0.05) is 19.6 Å². The van der Waals surface area contributed by atoms with Crippen molar-refractivity contribution >= 4 is 23.5 Å². The van der Waals surface area contributed by atoms with Gasteiger partial charge < -0.3 is 29.7 Å². The zero-order valence-electron chi connectivity index (χ0n) is 24.1. The molecule has 2 heterocycles. The van der Waals surface area contributed by atoms with Gasteiger partial charge in [-0.3, -0.25) is 9.59 Å². The standard InChI is InChI=1S/C15H19NO3.C13H16N2O3.C2H6O.CH4/c1-4-7-12(17)14-10(2)19-15(16-14)11-8-5-6-9-13(11)18-3;1-3-14-12(17)11-8(2)18-13(15-11)9-6-4-5-7-10(9)16;1-2-3;/h5-6,8-10,14H,4,7H2,1-3H3;4-8,11,16H,3H2,1-2H3,(H,14,17);3H,2H2,1H3;1H4/t10-,14-;8-,11-;;/m11../s1. The van der Waals surface area contributed by atoms with Gasteiger partial charge in [-0.2, -0.15) is 0 Å². The number of para-hydroxylation sites is 2. The maximum Gasteiger partial charge on any atom is 0.248 e. The summed E-state index contributed by atoms with van der Waals surface area (Å²) in [6.07, 6.45) is 0.841. The molecule has 2 aliphatic heterocycles. The van der Waals surface area contributed by atoms with E-state index in [1.165, 1.54) is 0 Å². The summed E-state index contributed by atoms with van der Waals surface area (Å²) in [4.78, 5) is 32.4. The first-order valence-electron chi connectivity index (χ1n) is 13.5. The first kappa shape index (κ1) is 35.1. The zero-order chi connectivity index (χ0) is 29.7. The molecule has 10 heteroatoms. The van der Waals surface area contributed by atoms with E-state index in [0.29, 0.717) is 36.1 Å². The van der Waals surface area contributed by atoms with Gasteiger partial charge in [0.05, 0.1) is 18.2 Å². The van der Waals surface area contributed by atoms with Crippen LogP contribution in [0.25, 0.3) is 0 Å². The number of methoxy groups -OCH3 is 1. The number of carbonyl (C=O) groups excluding carboxylic acids is 2. The SMILES string of the molecule is C.CCCC(=O)[C@@H]1N=C(c2ccccc2OC)O[C@@H]1C.CCNC(=O)[C@@H]1N=C(c2ccccc2O)O[C@@H]1C.CCO. The van der Waals surface area contributed by atoms with Gasteiger partial charge in [0.25, 0.3) is 0 Å². The largest absolute Gasteiger partial charge is 0.507 e. The third-order valence-electron chi connectivity index (χ3n) is 5.91. The first-order chi connectivity index (χ1) is 19.2. The molecule has 226 valence electrons. The molecule has 0 saturated heterocycles. The van der Waals surface area contributed by atoms with Crippen molar-refractivity contribution in [3.8, 4) is 11.5 Å². The Kier molecular flexibility index (Phi) is 15.2. The Morgan fingerprint density at radius 3 is 1.98 bits per heavy atom. The van der Waals surface area contributed by atoms with Gasteiger partial charge in [0.2, 0.25) is 17.7 Å². The van der Waals surface area contributed by atoms with E-state index < -0.39 is 6.04 Å². The Hall–Kier alpha value is -3.92. The monoisotopic (exact) mass is 571 g/mol. The summed E-state index contributed by atoms with van der Waals surface area (Å²) in [6, 6.07) is 13.4. The number of aliphatic hydroxyl groups excluding tert-OH is 1. The highest BCUT2D eigenvalue weighted by molar-refractivity contribution is 6.01. The average Bonchev–Trinajstić information content (AvgIpc) is 3.52. The molecule has 0 spiro atoms. The lowest BCUT2D eigenvalue weighted by atomic mass is 10.1. The van der Waals surface area contributed by atoms with Gasteiger partial charge in [-0.05, 0) is 58.4 Å². The van der Waals surface area contributed by atoms with Crippen molar-refractivity contribution in [3.63, 3.8) is 0 Å². The zero-order valence-corrected chi connectivity index (χ0v) is 24.1. The highest BCUT2D eigenvalue weighted by Crippen LogP contribution is 2.26. The van der Waals surface area contributed by atoms with Crippen LogP contribution in [0.5, 0.6) is 11.5 Å². The fourth-order valence-corrected chi connectivity index (χ4v) is 4.03. The molecule has 10 nitrogen and oxygen atoms in total. The number of ketones is 1. The Morgan fingerprint density at radius 1 is 0.902 bits per heavy atom. The van der Waals surface area contributed by atoms with E-state index in [1.54, 1.807) is 45.2 Å². The minimum atomic E-state index is -0.556. The summed E-state index contributed by atoms with van der Waals surface area (Å²) in [6.45, 7) is 10.00. The molecule has 4 rings (SSSR count). The van der Waals surface area contributed by atoms with Gasteiger partial charge in [-0.25, -0.2) is 9.98 Å². The van der Waals surface area contributed by atoms with Crippen LogP contribution >= 0.6 is 0 Å². The molecule has 2 aromatic carbocycles. The smallest absolute Gasteiger partial charge is 0.248 e. The number of aliphatic hydroxyl groups is 1. The van der Waals surface area contributed by atoms with Gasteiger partial charge in [-0.15, -0.1) is 0 Å². The predicted molar refractivity (Wildman–Crippen MR) is 161 cm³/mol. The van der Waals surface area contributed by atoms with Crippen LogP contribution in [0.2, 0.25) is 0 Å². The van der Waals surface area contributed by atoms with Crippen molar-refractivity contribution in [2.45, 2.75) is 79.2 Å². The highest BCUT2D eigenvalue weighted by atomic mass is 16.5. The average molecular weight is 572 g/mol. The summed E-state index contributed by atoms with van der Waals surface area (Å²) in [5.41, 5.74) is 1.31. The van der Waals surface area contributed by atoms with Crippen molar-refractivity contribution in [3.05, 3.63) is 59.7 Å². The number of benzene rings is 2. The van der Waals surface area contributed by atoms with E-state index in [-0.39, 0.29) is 49.7 Å². The number of Topliss-reactive ketones (excluding diaryl/α,β-unsaturated/α-hetero) is 1. The van der Waals surface area contributed by atoms with Gasteiger partial charge in [0.15, 0.2) is 11.8 Å². The van der Waals surface area contributed by atoms with Crippen LogP contribution in [0.1, 0.15) is 66.0 Å². The molecule has 0 aliphatic carbocycles. The van der Waals surface area contributed by atoms with Gasteiger partial charge in [-0.1, -0.05) is 38.6 Å². The van der Waals surface area contributed by atoms with Crippen molar-refractivity contribution in [1.29, 1.82) is 0 Å². The fraction of sp³-hybridized carbons (Fsp3) is 0.484.